The van der Waals surface area contributed by atoms with E-state index in [2.05, 4.69) is 15.5 Å². The molecule has 2 amide bonds. The lowest BCUT2D eigenvalue weighted by Gasteiger charge is -2.30. The molecule has 0 atom stereocenters. The van der Waals surface area contributed by atoms with Crippen molar-refractivity contribution >= 4 is 45.6 Å². The van der Waals surface area contributed by atoms with Crippen LogP contribution in [0.25, 0.3) is 10.8 Å². The van der Waals surface area contributed by atoms with Crippen LogP contribution in [0, 0.1) is 0 Å². The standard InChI is InChI=1S/C24H24ClN3O3/c25-20-7-8-22(28-11-13-31-14-12-28)21(16-20)27-23(29)9-10-26-24(30)19-6-5-17-3-1-2-4-18(17)15-19/h1-8,15-16H,9-14H2,(H,26,30)(H,27,29). The number of amides is 2. The Morgan fingerprint density at radius 2 is 1.74 bits per heavy atom. The van der Waals surface area contributed by atoms with Crippen molar-refractivity contribution in [3.63, 3.8) is 0 Å². The lowest BCUT2D eigenvalue weighted by atomic mass is 10.1. The fourth-order valence-corrected chi connectivity index (χ4v) is 3.80. The molecular formula is C24H24ClN3O3. The fraction of sp³-hybridized carbons (Fsp3) is 0.250. The number of anilines is 2. The molecule has 3 aromatic rings. The number of benzene rings is 3. The smallest absolute Gasteiger partial charge is 0.251 e. The molecule has 31 heavy (non-hydrogen) atoms. The van der Waals surface area contributed by atoms with Crippen LogP contribution in [-0.4, -0.2) is 44.7 Å². The summed E-state index contributed by atoms with van der Waals surface area (Å²) in [6.07, 6.45) is 0.161. The van der Waals surface area contributed by atoms with Crippen LogP contribution in [0.15, 0.2) is 60.7 Å². The van der Waals surface area contributed by atoms with Crippen molar-refractivity contribution in [3.8, 4) is 0 Å². The number of nitrogens with zero attached hydrogens (tertiary/aromatic N) is 1. The third-order valence-corrected chi connectivity index (χ3v) is 5.47. The van der Waals surface area contributed by atoms with Crippen molar-refractivity contribution in [3.05, 3.63) is 71.2 Å². The van der Waals surface area contributed by atoms with E-state index in [0.717, 1.165) is 29.5 Å². The number of halogens is 1. The predicted octanol–water partition coefficient (Wildman–Crippen LogP) is 4.09. The number of ether oxygens (including phenoxy) is 1. The number of hydrogen-bond acceptors (Lipinski definition) is 4. The second-order valence-corrected chi connectivity index (χ2v) is 7.81. The first-order valence-corrected chi connectivity index (χ1v) is 10.7. The molecule has 1 heterocycles. The Labute approximate surface area is 186 Å². The Bertz CT molecular complexity index is 1100. The van der Waals surface area contributed by atoms with Gasteiger partial charge in [0.1, 0.15) is 0 Å². The van der Waals surface area contributed by atoms with Crippen LogP contribution in [0.5, 0.6) is 0 Å². The number of carbonyl (C=O) groups is 2. The average Bonchev–Trinajstić information content (AvgIpc) is 2.79. The maximum atomic E-state index is 12.5. The van der Waals surface area contributed by atoms with Gasteiger partial charge in [0.15, 0.2) is 0 Å². The van der Waals surface area contributed by atoms with E-state index in [4.69, 9.17) is 16.3 Å². The Morgan fingerprint density at radius 1 is 0.968 bits per heavy atom. The van der Waals surface area contributed by atoms with Gasteiger partial charge in [0.2, 0.25) is 5.91 Å². The molecular weight excluding hydrogens is 414 g/mol. The molecule has 0 spiro atoms. The molecule has 0 radical (unpaired) electrons. The largest absolute Gasteiger partial charge is 0.378 e. The van der Waals surface area contributed by atoms with E-state index >= 15 is 0 Å². The monoisotopic (exact) mass is 437 g/mol. The van der Waals surface area contributed by atoms with Gasteiger partial charge < -0.3 is 20.3 Å². The molecule has 1 saturated heterocycles. The Kier molecular flexibility index (Phi) is 6.70. The van der Waals surface area contributed by atoms with Gasteiger partial charge in [0.25, 0.3) is 5.91 Å². The van der Waals surface area contributed by atoms with Crippen molar-refractivity contribution in [1.82, 2.24) is 5.32 Å². The molecule has 160 valence electrons. The topological polar surface area (TPSA) is 70.7 Å². The molecule has 1 aliphatic rings. The normalized spacial score (nSPS) is 13.8. The van der Waals surface area contributed by atoms with Gasteiger partial charge in [-0.15, -0.1) is 0 Å². The summed E-state index contributed by atoms with van der Waals surface area (Å²) in [6, 6.07) is 18.9. The summed E-state index contributed by atoms with van der Waals surface area (Å²) in [7, 11) is 0. The summed E-state index contributed by atoms with van der Waals surface area (Å²) in [5, 5.41) is 8.38. The van der Waals surface area contributed by atoms with Crippen LogP contribution in [0.2, 0.25) is 5.02 Å². The third kappa shape index (κ3) is 5.34. The third-order valence-electron chi connectivity index (χ3n) is 5.23. The summed E-state index contributed by atoms with van der Waals surface area (Å²) in [5.74, 6) is -0.383. The molecule has 0 unspecified atom stereocenters. The van der Waals surface area contributed by atoms with Gasteiger partial charge in [-0.3, -0.25) is 9.59 Å². The minimum absolute atomic E-state index is 0.161. The SMILES string of the molecule is O=C(CCNC(=O)c1ccc2ccccc2c1)Nc1cc(Cl)ccc1N1CCOCC1. The molecule has 6 nitrogen and oxygen atoms in total. The summed E-state index contributed by atoms with van der Waals surface area (Å²) >= 11 is 6.14. The number of carbonyl (C=O) groups excluding carboxylic acids is 2. The highest BCUT2D eigenvalue weighted by atomic mass is 35.5. The second-order valence-electron chi connectivity index (χ2n) is 7.38. The van der Waals surface area contributed by atoms with E-state index < -0.39 is 0 Å². The average molecular weight is 438 g/mol. The van der Waals surface area contributed by atoms with Gasteiger partial charge in [-0.05, 0) is 41.1 Å². The molecule has 7 heteroatoms. The number of hydrogen-bond donors (Lipinski definition) is 2. The quantitative estimate of drug-likeness (QED) is 0.609. The Morgan fingerprint density at radius 3 is 2.55 bits per heavy atom. The van der Waals surface area contributed by atoms with Crippen LogP contribution in [0.4, 0.5) is 11.4 Å². The number of morpholine rings is 1. The first kappa shape index (κ1) is 21.2. The Hall–Kier alpha value is -3.09. The van der Waals surface area contributed by atoms with Gasteiger partial charge in [0.05, 0.1) is 24.6 Å². The maximum absolute atomic E-state index is 12.5. The molecule has 2 N–H and O–H groups in total. The lowest BCUT2D eigenvalue weighted by Crippen LogP contribution is -2.36. The summed E-state index contributed by atoms with van der Waals surface area (Å²) in [5.41, 5.74) is 2.16. The zero-order valence-corrected chi connectivity index (χ0v) is 17.8. The Balaban J connectivity index is 1.34. The summed E-state index contributed by atoms with van der Waals surface area (Å²) < 4.78 is 5.41. The van der Waals surface area contributed by atoms with Crippen LogP contribution < -0.4 is 15.5 Å². The van der Waals surface area contributed by atoms with E-state index in [1.54, 1.807) is 12.1 Å². The lowest BCUT2D eigenvalue weighted by molar-refractivity contribution is -0.116. The minimum atomic E-state index is -0.199. The van der Waals surface area contributed by atoms with Crippen molar-refractivity contribution in [2.24, 2.45) is 0 Å². The molecule has 0 bridgehead atoms. The van der Waals surface area contributed by atoms with Gasteiger partial charge in [-0.2, -0.15) is 0 Å². The highest BCUT2D eigenvalue weighted by Crippen LogP contribution is 2.30. The zero-order valence-electron chi connectivity index (χ0n) is 17.1. The molecule has 1 aliphatic heterocycles. The van der Waals surface area contributed by atoms with E-state index in [1.807, 2.05) is 48.5 Å². The van der Waals surface area contributed by atoms with Crippen LogP contribution in [0.1, 0.15) is 16.8 Å². The maximum Gasteiger partial charge on any atom is 0.251 e. The first-order chi connectivity index (χ1) is 15.1. The summed E-state index contributed by atoms with van der Waals surface area (Å²) in [4.78, 5) is 27.1. The van der Waals surface area contributed by atoms with Crippen LogP contribution >= 0.6 is 11.6 Å². The van der Waals surface area contributed by atoms with Crippen LogP contribution in [-0.2, 0) is 9.53 Å². The van der Waals surface area contributed by atoms with E-state index in [1.165, 1.54) is 0 Å². The van der Waals surface area contributed by atoms with Gasteiger partial charge >= 0.3 is 0 Å². The van der Waals surface area contributed by atoms with Crippen molar-refractivity contribution in [2.45, 2.75) is 6.42 Å². The zero-order chi connectivity index (χ0) is 21.6. The molecule has 4 rings (SSSR count). The first-order valence-electron chi connectivity index (χ1n) is 10.3. The highest BCUT2D eigenvalue weighted by Gasteiger charge is 2.17. The highest BCUT2D eigenvalue weighted by molar-refractivity contribution is 6.31. The number of nitrogens with one attached hydrogen (secondary N) is 2. The molecule has 1 fully saturated rings. The molecule has 0 aliphatic carbocycles. The minimum Gasteiger partial charge on any atom is -0.378 e. The van der Waals surface area contributed by atoms with Gasteiger partial charge in [0, 0.05) is 36.6 Å². The molecule has 0 aromatic heterocycles. The van der Waals surface area contributed by atoms with E-state index in [0.29, 0.717) is 29.5 Å². The molecule has 0 saturated carbocycles. The number of fused-ring (bicyclic) bond motifs is 1. The van der Waals surface area contributed by atoms with Crippen molar-refractivity contribution in [2.75, 3.05) is 43.1 Å². The van der Waals surface area contributed by atoms with Gasteiger partial charge in [-0.25, -0.2) is 0 Å². The second kappa shape index (κ2) is 9.81. The van der Waals surface area contributed by atoms with Crippen molar-refractivity contribution in [1.29, 1.82) is 0 Å². The molecule has 3 aromatic carbocycles. The number of rotatable bonds is 6. The predicted molar refractivity (Wildman–Crippen MR) is 124 cm³/mol. The van der Waals surface area contributed by atoms with E-state index in [-0.39, 0.29) is 24.8 Å². The summed E-state index contributed by atoms with van der Waals surface area (Å²) in [6.45, 7) is 3.05. The van der Waals surface area contributed by atoms with E-state index in [9.17, 15) is 9.59 Å². The fourth-order valence-electron chi connectivity index (χ4n) is 3.62. The van der Waals surface area contributed by atoms with Crippen molar-refractivity contribution < 1.29 is 14.3 Å². The van der Waals surface area contributed by atoms with Crippen LogP contribution in [0.3, 0.4) is 0 Å². The van der Waals surface area contributed by atoms with Gasteiger partial charge in [-0.1, -0.05) is 41.9 Å².